The molecule has 2 aromatic carbocycles. The topological polar surface area (TPSA) is 110 Å². The fourth-order valence-electron chi connectivity index (χ4n) is 2.57. The van der Waals surface area contributed by atoms with Gasteiger partial charge >= 0.3 is 0 Å². The summed E-state index contributed by atoms with van der Waals surface area (Å²) in [4.78, 5) is 48.3. The van der Waals surface area contributed by atoms with Crippen molar-refractivity contribution in [3.8, 4) is 0 Å². The Balaban J connectivity index is 1.74. The molecule has 2 aromatic rings. The van der Waals surface area contributed by atoms with Gasteiger partial charge in [-0.05, 0) is 48.5 Å². The van der Waals surface area contributed by atoms with Crippen molar-refractivity contribution in [2.75, 3.05) is 11.9 Å². The zero-order valence-corrected chi connectivity index (χ0v) is 16.6. The monoisotopic (exact) mass is 431 g/mol. The van der Waals surface area contributed by atoms with Crippen LogP contribution in [-0.2, 0) is 9.59 Å². The van der Waals surface area contributed by atoms with Gasteiger partial charge in [-0.25, -0.2) is 0 Å². The SMILES string of the molecule is Cc1ccc(NC(=O)CN2C(=O)S/C(=C/c3ccccc3[N+](=O)[O-])C2=O)cc1Cl. The number of nitrogens with zero attached hydrogens (tertiary/aromatic N) is 2. The molecule has 0 saturated carbocycles. The molecule has 0 aromatic heterocycles. The van der Waals surface area contributed by atoms with Crippen molar-refractivity contribution in [2.24, 2.45) is 0 Å². The van der Waals surface area contributed by atoms with E-state index in [0.717, 1.165) is 10.5 Å². The molecular formula is C19H14ClN3O5S. The molecule has 1 heterocycles. The van der Waals surface area contributed by atoms with E-state index in [4.69, 9.17) is 11.6 Å². The third-order valence-electron chi connectivity index (χ3n) is 4.05. The van der Waals surface area contributed by atoms with E-state index in [-0.39, 0.29) is 16.2 Å². The average molecular weight is 432 g/mol. The van der Waals surface area contributed by atoms with Gasteiger partial charge in [0.05, 0.1) is 15.4 Å². The van der Waals surface area contributed by atoms with E-state index in [1.54, 1.807) is 24.3 Å². The number of carbonyl (C=O) groups excluding carboxylic acids is 3. The van der Waals surface area contributed by atoms with Gasteiger partial charge in [0.15, 0.2) is 0 Å². The summed E-state index contributed by atoms with van der Waals surface area (Å²) in [7, 11) is 0. The van der Waals surface area contributed by atoms with E-state index in [1.165, 1.54) is 24.3 Å². The van der Waals surface area contributed by atoms with Crippen molar-refractivity contribution in [2.45, 2.75) is 6.92 Å². The maximum atomic E-state index is 12.5. The third kappa shape index (κ3) is 4.64. The Morgan fingerprint density at radius 3 is 2.69 bits per heavy atom. The smallest absolute Gasteiger partial charge is 0.294 e. The lowest BCUT2D eigenvalue weighted by atomic mass is 10.1. The number of halogens is 1. The molecule has 0 atom stereocenters. The van der Waals surface area contributed by atoms with Crippen molar-refractivity contribution >= 4 is 57.9 Å². The van der Waals surface area contributed by atoms with Crippen molar-refractivity contribution in [1.29, 1.82) is 0 Å². The summed E-state index contributed by atoms with van der Waals surface area (Å²) < 4.78 is 0. The van der Waals surface area contributed by atoms with Gasteiger partial charge < -0.3 is 5.32 Å². The van der Waals surface area contributed by atoms with Crippen LogP contribution < -0.4 is 5.32 Å². The van der Waals surface area contributed by atoms with Crippen LogP contribution >= 0.6 is 23.4 Å². The summed E-state index contributed by atoms with van der Waals surface area (Å²) in [6.45, 7) is 1.34. The number of thioether (sulfide) groups is 1. The van der Waals surface area contributed by atoms with E-state index in [9.17, 15) is 24.5 Å². The van der Waals surface area contributed by atoms with Gasteiger partial charge in [0.25, 0.3) is 16.8 Å². The number of hydrogen-bond acceptors (Lipinski definition) is 6. The molecule has 1 fully saturated rings. The number of carbonyl (C=O) groups is 3. The molecule has 0 spiro atoms. The largest absolute Gasteiger partial charge is 0.324 e. The van der Waals surface area contributed by atoms with Gasteiger partial charge in [-0.1, -0.05) is 29.8 Å². The van der Waals surface area contributed by atoms with Crippen LogP contribution in [-0.4, -0.2) is 33.4 Å². The zero-order chi connectivity index (χ0) is 21.1. The van der Waals surface area contributed by atoms with E-state index < -0.39 is 28.5 Å². The maximum Gasteiger partial charge on any atom is 0.294 e. The van der Waals surface area contributed by atoms with Crippen LogP contribution in [0.4, 0.5) is 16.2 Å². The zero-order valence-electron chi connectivity index (χ0n) is 15.0. The number of imide groups is 1. The van der Waals surface area contributed by atoms with Crippen LogP contribution in [0.2, 0.25) is 5.02 Å². The Hall–Kier alpha value is -3.17. The normalized spacial score (nSPS) is 15.1. The Labute approximate surface area is 174 Å². The van der Waals surface area contributed by atoms with Gasteiger partial charge in [0.1, 0.15) is 6.54 Å². The minimum atomic E-state index is -0.685. The van der Waals surface area contributed by atoms with Crippen LogP contribution in [0.3, 0.4) is 0 Å². The predicted octanol–water partition coefficient (Wildman–Crippen LogP) is 4.23. The van der Waals surface area contributed by atoms with Crippen LogP contribution in [0.15, 0.2) is 47.4 Å². The van der Waals surface area contributed by atoms with Crippen LogP contribution in [0, 0.1) is 17.0 Å². The Bertz CT molecular complexity index is 1070. The van der Waals surface area contributed by atoms with Gasteiger partial charge in [-0.15, -0.1) is 0 Å². The first kappa shape index (κ1) is 20.6. The second kappa shape index (κ2) is 8.46. The Kier molecular flexibility index (Phi) is 6.00. The fraction of sp³-hybridized carbons (Fsp3) is 0.105. The number of nitrogens with one attached hydrogen (secondary N) is 1. The number of rotatable bonds is 5. The number of amides is 3. The number of benzene rings is 2. The highest BCUT2D eigenvalue weighted by Gasteiger charge is 2.36. The second-order valence-corrected chi connectivity index (χ2v) is 7.50. The molecule has 1 saturated heterocycles. The van der Waals surface area contributed by atoms with Crippen LogP contribution in [0.5, 0.6) is 0 Å². The third-order valence-corrected chi connectivity index (χ3v) is 5.37. The van der Waals surface area contributed by atoms with Crippen molar-refractivity contribution in [3.63, 3.8) is 0 Å². The summed E-state index contributed by atoms with van der Waals surface area (Å²) in [6.07, 6.45) is 1.28. The molecule has 1 N–H and O–H groups in total. The molecule has 10 heteroatoms. The number of anilines is 1. The molecule has 3 amide bonds. The molecule has 0 bridgehead atoms. The minimum absolute atomic E-state index is 0.00970. The van der Waals surface area contributed by atoms with Crippen molar-refractivity contribution < 1.29 is 19.3 Å². The fourth-order valence-corrected chi connectivity index (χ4v) is 3.58. The number of nitro groups is 1. The van der Waals surface area contributed by atoms with Crippen molar-refractivity contribution in [3.05, 3.63) is 73.6 Å². The quantitative estimate of drug-likeness (QED) is 0.431. The lowest BCUT2D eigenvalue weighted by Crippen LogP contribution is -2.36. The van der Waals surface area contributed by atoms with E-state index >= 15 is 0 Å². The minimum Gasteiger partial charge on any atom is -0.324 e. The highest BCUT2D eigenvalue weighted by molar-refractivity contribution is 8.18. The summed E-state index contributed by atoms with van der Waals surface area (Å²) in [6, 6.07) is 10.8. The predicted molar refractivity (Wildman–Crippen MR) is 111 cm³/mol. The van der Waals surface area contributed by atoms with Gasteiger partial charge in [-0.2, -0.15) is 0 Å². The number of aryl methyl sites for hydroxylation is 1. The highest BCUT2D eigenvalue weighted by atomic mass is 35.5. The molecule has 0 radical (unpaired) electrons. The summed E-state index contributed by atoms with van der Waals surface area (Å²) in [5, 5.41) is 13.5. The number of para-hydroxylation sites is 1. The first-order chi connectivity index (χ1) is 13.8. The standard InChI is InChI=1S/C19H14ClN3O5S/c1-11-6-7-13(9-14(11)20)21-17(24)10-22-18(25)16(29-19(22)26)8-12-4-2-3-5-15(12)23(27)28/h2-9H,10H2,1H3,(H,21,24)/b16-8+. The first-order valence-electron chi connectivity index (χ1n) is 8.31. The summed E-state index contributed by atoms with van der Waals surface area (Å²) in [5.74, 6) is -1.26. The van der Waals surface area contributed by atoms with Gasteiger partial charge in [0.2, 0.25) is 5.91 Å². The van der Waals surface area contributed by atoms with E-state index in [2.05, 4.69) is 5.32 Å². The molecule has 148 valence electrons. The molecule has 0 unspecified atom stereocenters. The maximum absolute atomic E-state index is 12.5. The van der Waals surface area contributed by atoms with E-state index in [0.29, 0.717) is 22.5 Å². The Morgan fingerprint density at radius 2 is 2.00 bits per heavy atom. The second-order valence-electron chi connectivity index (χ2n) is 6.10. The average Bonchev–Trinajstić information content (AvgIpc) is 2.92. The highest BCUT2D eigenvalue weighted by Crippen LogP contribution is 2.33. The molecular weight excluding hydrogens is 418 g/mol. The van der Waals surface area contributed by atoms with Crippen LogP contribution in [0.25, 0.3) is 6.08 Å². The summed E-state index contributed by atoms with van der Waals surface area (Å²) in [5.41, 5.74) is 1.29. The molecule has 0 aliphatic carbocycles. The molecule has 8 nitrogen and oxygen atoms in total. The van der Waals surface area contributed by atoms with Gasteiger partial charge in [0, 0.05) is 16.8 Å². The first-order valence-corrected chi connectivity index (χ1v) is 9.50. The van der Waals surface area contributed by atoms with E-state index in [1.807, 2.05) is 6.92 Å². The van der Waals surface area contributed by atoms with Crippen LogP contribution in [0.1, 0.15) is 11.1 Å². The number of hydrogen-bond donors (Lipinski definition) is 1. The molecule has 1 aliphatic heterocycles. The summed E-state index contributed by atoms with van der Waals surface area (Å²) >= 11 is 6.64. The molecule has 3 rings (SSSR count). The Morgan fingerprint density at radius 1 is 1.28 bits per heavy atom. The lowest BCUT2D eigenvalue weighted by molar-refractivity contribution is -0.385. The lowest BCUT2D eigenvalue weighted by Gasteiger charge is -2.13. The van der Waals surface area contributed by atoms with Crippen molar-refractivity contribution in [1.82, 2.24) is 4.90 Å². The molecule has 29 heavy (non-hydrogen) atoms. The number of nitro benzene ring substituents is 1. The van der Waals surface area contributed by atoms with Gasteiger partial charge in [-0.3, -0.25) is 29.4 Å². The molecule has 1 aliphatic rings.